The lowest BCUT2D eigenvalue weighted by atomic mass is 9.91. The molecule has 0 unspecified atom stereocenters. The minimum absolute atomic E-state index is 0.163. The predicted octanol–water partition coefficient (Wildman–Crippen LogP) is 4.28. The number of nitrogens with zero attached hydrogens (tertiary/aromatic N) is 5. The molecule has 9 nitrogen and oxygen atoms in total. The molecule has 5 rings (SSSR count). The molecule has 2 fully saturated rings. The number of hydrogen-bond acceptors (Lipinski definition) is 7. The van der Waals surface area contributed by atoms with Crippen LogP contribution in [0.25, 0.3) is 10.9 Å². The Hall–Kier alpha value is -4.10. The van der Waals surface area contributed by atoms with Gasteiger partial charge < -0.3 is 24.8 Å². The number of pyridine rings is 1. The quantitative estimate of drug-likeness (QED) is 0.339. The smallest absolute Gasteiger partial charge is 0.379 e. The van der Waals surface area contributed by atoms with Crippen LogP contribution in [0.5, 0.6) is 0 Å². The minimum Gasteiger partial charge on any atom is -0.379 e. The highest BCUT2D eigenvalue weighted by Gasteiger charge is 2.30. The van der Waals surface area contributed by atoms with Crippen LogP contribution in [-0.4, -0.2) is 90.0 Å². The molecule has 2 aliphatic heterocycles. The number of halogens is 3. The van der Waals surface area contributed by atoms with E-state index in [0.717, 1.165) is 31.5 Å². The fourth-order valence-corrected chi connectivity index (χ4v) is 5.74. The highest BCUT2D eigenvalue weighted by Crippen LogP contribution is 2.27. The lowest BCUT2D eigenvalue weighted by Crippen LogP contribution is -2.49. The fourth-order valence-electron chi connectivity index (χ4n) is 5.74. The Morgan fingerprint density at radius 1 is 1.09 bits per heavy atom. The number of morpholine rings is 1. The van der Waals surface area contributed by atoms with Gasteiger partial charge in [-0.15, -0.1) is 0 Å². The van der Waals surface area contributed by atoms with E-state index in [4.69, 9.17) is 4.74 Å². The number of carbonyl (C=O) groups is 1. The zero-order valence-electron chi connectivity index (χ0n) is 26.3. The highest BCUT2D eigenvalue weighted by atomic mass is 19.4. The Morgan fingerprint density at radius 2 is 1.85 bits per heavy atom. The summed E-state index contributed by atoms with van der Waals surface area (Å²) in [6.07, 6.45) is -1.08. The van der Waals surface area contributed by atoms with Crippen molar-refractivity contribution < 1.29 is 22.7 Å². The minimum atomic E-state index is -4.40. The van der Waals surface area contributed by atoms with Crippen LogP contribution < -0.4 is 10.6 Å². The third-order valence-corrected chi connectivity index (χ3v) is 8.49. The highest BCUT2D eigenvalue weighted by molar-refractivity contribution is 5.83. The van der Waals surface area contributed by atoms with E-state index < -0.39 is 18.1 Å². The van der Waals surface area contributed by atoms with Crippen LogP contribution in [-0.2, 0) is 28.0 Å². The van der Waals surface area contributed by atoms with Crippen molar-refractivity contribution in [2.75, 3.05) is 57.8 Å². The summed E-state index contributed by atoms with van der Waals surface area (Å²) in [6, 6.07) is 13.2. The fraction of sp³-hybridized carbons (Fsp3) is 0.500. The van der Waals surface area contributed by atoms with Gasteiger partial charge >= 0.3 is 6.18 Å². The predicted molar refractivity (Wildman–Crippen MR) is 170 cm³/mol. The van der Waals surface area contributed by atoms with Crippen molar-refractivity contribution in [3.8, 4) is 17.9 Å². The van der Waals surface area contributed by atoms with Gasteiger partial charge in [-0.05, 0) is 68.5 Å². The van der Waals surface area contributed by atoms with E-state index >= 15 is 0 Å². The van der Waals surface area contributed by atoms with Crippen LogP contribution in [0.1, 0.15) is 43.6 Å². The van der Waals surface area contributed by atoms with Gasteiger partial charge in [0, 0.05) is 49.7 Å². The molecule has 0 spiro atoms. The van der Waals surface area contributed by atoms with Gasteiger partial charge in [0.05, 0.1) is 61.1 Å². The molecule has 4 heterocycles. The first-order valence-corrected chi connectivity index (χ1v) is 15.6. The van der Waals surface area contributed by atoms with E-state index in [1.54, 1.807) is 44.3 Å². The number of aromatic nitrogens is 2. The molecule has 0 atom stereocenters. The van der Waals surface area contributed by atoms with Crippen molar-refractivity contribution in [3.63, 3.8) is 0 Å². The summed E-state index contributed by atoms with van der Waals surface area (Å²) in [5, 5.41) is 16.7. The molecule has 0 saturated carbocycles. The molecular weight excluding hydrogens is 595 g/mol. The summed E-state index contributed by atoms with van der Waals surface area (Å²) >= 11 is 0. The second-order valence-corrected chi connectivity index (χ2v) is 12.4. The Labute approximate surface area is 267 Å². The van der Waals surface area contributed by atoms with Gasteiger partial charge in [-0.1, -0.05) is 12.0 Å². The average Bonchev–Trinajstić information content (AvgIpc) is 3.37. The molecule has 2 saturated heterocycles. The topological polar surface area (TPSA) is 98.5 Å². The maximum Gasteiger partial charge on any atom is 0.406 e. The molecule has 1 amide bonds. The molecule has 46 heavy (non-hydrogen) atoms. The van der Waals surface area contributed by atoms with Crippen molar-refractivity contribution in [3.05, 3.63) is 59.5 Å². The molecule has 2 aromatic heterocycles. The Balaban J connectivity index is 1.18. The summed E-state index contributed by atoms with van der Waals surface area (Å²) < 4.78 is 47.2. The van der Waals surface area contributed by atoms with E-state index in [0.29, 0.717) is 61.7 Å². The Bertz CT molecular complexity index is 1600. The van der Waals surface area contributed by atoms with Crippen molar-refractivity contribution in [1.82, 2.24) is 24.7 Å². The average molecular weight is 636 g/mol. The first kappa shape index (κ1) is 33.3. The Kier molecular flexibility index (Phi) is 10.5. The SMILES string of the molecule is CC(C)(C#N)c1ccc(NCC#Cc2cc3cc(CNC4CCN(C(=O)CN5CCOCC5)CC4)ccc3n2CC(F)(F)F)cn1. The zero-order chi connectivity index (χ0) is 32.7. The van der Waals surface area contributed by atoms with Gasteiger partial charge in [0.15, 0.2) is 0 Å². The van der Waals surface area contributed by atoms with E-state index in [1.807, 2.05) is 17.0 Å². The standard InChI is InChI=1S/C34H40F3N7O2/c1-33(2,23-38)31-8-6-28(21-41-31)39-11-3-4-29-19-26-18-25(5-7-30(26)44(29)24-34(35,36)37)20-40-27-9-12-43(13-10-27)32(45)22-42-14-16-46-17-15-42/h5-8,18-19,21,27,39-40H,9-17,20,22,24H2,1-2H3. The Morgan fingerprint density at radius 3 is 2.52 bits per heavy atom. The van der Waals surface area contributed by atoms with Gasteiger partial charge in [-0.2, -0.15) is 18.4 Å². The van der Waals surface area contributed by atoms with Crippen LogP contribution in [0.15, 0.2) is 42.6 Å². The first-order valence-electron chi connectivity index (χ1n) is 15.6. The summed E-state index contributed by atoms with van der Waals surface area (Å²) in [7, 11) is 0. The van der Waals surface area contributed by atoms with Gasteiger partial charge in [0.1, 0.15) is 6.54 Å². The largest absolute Gasteiger partial charge is 0.406 e. The molecule has 2 aliphatic rings. The molecule has 0 radical (unpaired) electrons. The van der Waals surface area contributed by atoms with Crippen LogP contribution >= 0.6 is 0 Å². The molecular formula is C34H40F3N7O2. The van der Waals surface area contributed by atoms with Crippen molar-refractivity contribution in [1.29, 1.82) is 5.26 Å². The van der Waals surface area contributed by atoms with E-state index in [-0.39, 0.29) is 24.2 Å². The number of nitriles is 1. The number of nitrogens with one attached hydrogen (secondary N) is 2. The lowest BCUT2D eigenvalue weighted by molar-refractivity contribution is -0.140. The van der Waals surface area contributed by atoms with Crippen LogP contribution in [0, 0.1) is 23.2 Å². The number of fused-ring (bicyclic) bond motifs is 1. The molecule has 1 aromatic carbocycles. The first-order chi connectivity index (χ1) is 22.0. The molecule has 2 N–H and O–H groups in total. The van der Waals surface area contributed by atoms with Crippen LogP contribution in [0.4, 0.5) is 18.9 Å². The normalized spacial score (nSPS) is 16.6. The number of carbonyl (C=O) groups excluding carboxylic acids is 1. The maximum absolute atomic E-state index is 13.5. The summed E-state index contributed by atoms with van der Waals surface area (Å²) in [6.45, 7) is 8.00. The number of ether oxygens (including phenoxy) is 1. The number of amides is 1. The third-order valence-electron chi connectivity index (χ3n) is 8.49. The number of anilines is 1. The molecule has 3 aromatic rings. The summed E-state index contributed by atoms with van der Waals surface area (Å²) in [5.74, 6) is 6.01. The van der Waals surface area contributed by atoms with Gasteiger partial charge in [-0.25, -0.2) is 0 Å². The van der Waals surface area contributed by atoms with Crippen molar-refractivity contribution >= 4 is 22.5 Å². The van der Waals surface area contributed by atoms with Gasteiger partial charge in [0.2, 0.25) is 5.91 Å². The van der Waals surface area contributed by atoms with Crippen molar-refractivity contribution in [2.24, 2.45) is 0 Å². The van der Waals surface area contributed by atoms with E-state index in [1.165, 1.54) is 4.57 Å². The van der Waals surface area contributed by atoms with Gasteiger partial charge in [-0.3, -0.25) is 14.7 Å². The number of rotatable bonds is 9. The number of hydrogen-bond donors (Lipinski definition) is 2. The van der Waals surface area contributed by atoms with Crippen LogP contribution in [0.3, 0.4) is 0 Å². The van der Waals surface area contributed by atoms with Gasteiger partial charge in [0.25, 0.3) is 0 Å². The number of piperidine rings is 1. The summed E-state index contributed by atoms with van der Waals surface area (Å²) in [4.78, 5) is 21.1. The van der Waals surface area contributed by atoms with Crippen molar-refractivity contribution in [2.45, 2.75) is 57.4 Å². The number of likely N-dealkylation sites (tertiary alicyclic amines) is 1. The van der Waals surface area contributed by atoms with E-state index in [9.17, 15) is 23.2 Å². The molecule has 0 bridgehead atoms. The second kappa shape index (κ2) is 14.5. The molecule has 244 valence electrons. The summed E-state index contributed by atoms with van der Waals surface area (Å²) in [5.41, 5.74) is 2.38. The monoisotopic (exact) mass is 635 g/mol. The zero-order valence-corrected chi connectivity index (χ0v) is 26.3. The second-order valence-electron chi connectivity index (χ2n) is 12.4. The molecule has 0 aliphatic carbocycles. The molecule has 12 heteroatoms. The maximum atomic E-state index is 13.5. The third kappa shape index (κ3) is 8.79. The lowest BCUT2D eigenvalue weighted by Gasteiger charge is -2.34. The van der Waals surface area contributed by atoms with Crippen LogP contribution in [0.2, 0.25) is 0 Å². The van der Waals surface area contributed by atoms with E-state index in [2.05, 4.69) is 38.4 Å². The number of alkyl halides is 3. The number of benzene rings is 1.